The number of benzene rings is 1. The van der Waals surface area contributed by atoms with E-state index in [2.05, 4.69) is 11.1 Å². The quantitative estimate of drug-likeness (QED) is 0.833. The van der Waals surface area contributed by atoms with Gasteiger partial charge in [0.15, 0.2) is 0 Å². The first kappa shape index (κ1) is 13.3. The number of rotatable bonds is 4. The number of nitriles is 1. The van der Waals surface area contributed by atoms with E-state index in [9.17, 15) is 0 Å². The maximum Gasteiger partial charge on any atom is 0.141 e. The molecule has 0 fully saturated rings. The number of aromatic nitrogens is 1. The van der Waals surface area contributed by atoms with Crippen molar-refractivity contribution in [3.63, 3.8) is 0 Å². The molecule has 3 heteroatoms. The molecule has 0 saturated carbocycles. The first-order valence-electron chi connectivity index (χ1n) is 6.33. The Morgan fingerprint density at radius 2 is 1.95 bits per heavy atom. The van der Waals surface area contributed by atoms with Crippen LogP contribution >= 0.6 is 0 Å². The minimum Gasteiger partial charge on any atom is -0.374 e. The second-order valence-electron chi connectivity index (χ2n) is 4.24. The molecular formula is C16H16N2O. The Hall–Kier alpha value is -2.18. The fourth-order valence-electron chi connectivity index (χ4n) is 1.93. The van der Waals surface area contributed by atoms with Gasteiger partial charge in [0.1, 0.15) is 11.8 Å². The summed E-state index contributed by atoms with van der Waals surface area (Å²) in [6.07, 6.45) is 0.0949. The van der Waals surface area contributed by atoms with Crippen LogP contribution in [0.25, 0.3) is 11.3 Å². The molecule has 1 unspecified atom stereocenters. The maximum atomic E-state index is 8.86. The molecule has 1 aromatic heterocycles. The van der Waals surface area contributed by atoms with E-state index in [0.29, 0.717) is 12.3 Å². The second-order valence-corrected chi connectivity index (χ2v) is 4.24. The molecular weight excluding hydrogens is 236 g/mol. The van der Waals surface area contributed by atoms with Gasteiger partial charge < -0.3 is 4.74 Å². The van der Waals surface area contributed by atoms with Crippen molar-refractivity contribution >= 4 is 0 Å². The van der Waals surface area contributed by atoms with Crippen molar-refractivity contribution in [1.29, 1.82) is 5.26 Å². The molecule has 96 valence electrons. The zero-order valence-corrected chi connectivity index (χ0v) is 11.1. The van der Waals surface area contributed by atoms with E-state index in [-0.39, 0.29) is 6.10 Å². The van der Waals surface area contributed by atoms with Gasteiger partial charge in [-0.05, 0) is 31.5 Å². The van der Waals surface area contributed by atoms with E-state index >= 15 is 0 Å². The standard InChI is InChI=1S/C16H16N2O/c1-3-19-12(2)13-7-9-14(10-8-13)16-6-4-5-15(11-17)18-16/h4-10,12H,3H2,1-2H3. The van der Waals surface area contributed by atoms with Crippen molar-refractivity contribution in [2.45, 2.75) is 20.0 Å². The highest BCUT2D eigenvalue weighted by atomic mass is 16.5. The maximum absolute atomic E-state index is 8.86. The Labute approximate surface area is 113 Å². The zero-order valence-electron chi connectivity index (χ0n) is 11.1. The molecule has 2 aromatic rings. The second kappa shape index (κ2) is 6.12. The lowest BCUT2D eigenvalue weighted by molar-refractivity contribution is 0.0764. The van der Waals surface area contributed by atoms with Crippen LogP contribution in [0.3, 0.4) is 0 Å². The zero-order chi connectivity index (χ0) is 13.7. The molecule has 0 N–H and O–H groups in total. The van der Waals surface area contributed by atoms with Crippen LogP contribution in [0.15, 0.2) is 42.5 Å². The molecule has 2 rings (SSSR count). The van der Waals surface area contributed by atoms with Crippen molar-refractivity contribution in [1.82, 2.24) is 4.98 Å². The van der Waals surface area contributed by atoms with Gasteiger partial charge in [-0.2, -0.15) is 5.26 Å². The fraction of sp³-hybridized carbons (Fsp3) is 0.250. The van der Waals surface area contributed by atoms with Crippen LogP contribution in [0.4, 0.5) is 0 Å². The number of nitrogens with zero attached hydrogens (tertiary/aromatic N) is 2. The predicted molar refractivity (Wildman–Crippen MR) is 74.4 cm³/mol. The largest absolute Gasteiger partial charge is 0.374 e. The fourth-order valence-corrected chi connectivity index (χ4v) is 1.93. The summed E-state index contributed by atoms with van der Waals surface area (Å²) < 4.78 is 5.55. The SMILES string of the molecule is CCOC(C)c1ccc(-c2cccc(C#N)n2)cc1. The summed E-state index contributed by atoms with van der Waals surface area (Å²) in [5, 5.41) is 8.86. The summed E-state index contributed by atoms with van der Waals surface area (Å²) in [5.41, 5.74) is 3.39. The highest BCUT2D eigenvalue weighted by Gasteiger charge is 2.06. The van der Waals surface area contributed by atoms with Crippen LogP contribution in [0.2, 0.25) is 0 Å². The molecule has 1 aromatic carbocycles. The van der Waals surface area contributed by atoms with Gasteiger partial charge in [0.2, 0.25) is 0 Å². The Morgan fingerprint density at radius 3 is 2.58 bits per heavy atom. The Bertz CT molecular complexity index is 584. The van der Waals surface area contributed by atoms with Crippen molar-refractivity contribution in [3.8, 4) is 17.3 Å². The summed E-state index contributed by atoms with van der Waals surface area (Å²) in [7, 11) is 0. The molecule has 1 atom stereocenters. The normalized spacial score (nSPS) is 11.8. The molecule has 0 bridgehead atoms. The summed E-state index contributed by atoms with van der Waals surface area (Å²) in [5.74, 6) is 0. The van der Waals surface area contributed by atoms with Crippen LogP contribution in [0.5, 0.6) is 0 Å². The van der Waals surface area contributed by atoms with Crippen LogP contribution in [-0.4, -0.2) is 11.6 Å². The van der Waals surface area contributed by atoms with Crippen LogP contribution in [0, 0.1) is 11.3 Å². The number of pyridine rings is 1. The summed E-state index contributed by atoms with van der Waals surface area (Å²) in [4.78, 5) is 4.28. The Morgan fingerprint density at radius 1 is 1.21 bits per heavy atom. The minimum absolute atomic E-state index is 0.0949. The summed E-state index contributed by atoms with van der Waals surface area (Å²) in [6, 6.07) is 15.6. The minimum atomic E-state index is 0.0949. The van der Waals surface area contributed by atoms with E-state index in [0.717, 1.165) is 16.8 Å². The first-order chi connectivity index (χ1) is 9.24. The van der Waals surface area contributed by atoms with Gasteiger partial charge in [-0.15, -0.1) is 0 Å². The van der Waals surface area contributed by atoms with Gasteiger partial charge in [0.25, 0.3) is 0 Å². The number of ether oxygens (including phenoxy) is 1. The van der Waals surface area contributed by atoms with Crippen molar-refractivity contribution in [2.75, 3.05) is 6.61 Å². The van der Waals surface area contributed by atoms with Gasteiger partial charge in [0, 0.05) is 12.2 Å². The molecule has 0 aliphatic heterocycles. The van der Waals surface area contributed by atoms with Crippen molar-refractivity contribution in [3.05, 3.63) is 53.7 Å². The monoisotopic (exact) mass is 252 g/mol. The van der Waals surface area contributed by atoms with E-state index < -0.39 is 0 Å². The van der Waals surface area contributed by atoms with E-state index in [1.165, 1.54) is 0 Å². The molecule has 3 nitrogen and oxygen atoms in total. The highest BCUT2D eigenvalue weighted by molar-refractivity contribution is 5.60. The van der Waals surface area contributed by atoms with Crippen LogP contribution in [0.1, 0.15) is 31.2 Å². The Balaban J connectivity index is 2.25. The smallest absolute Gasteiger partial charge is 0.141 e. The summed E-state index contributed by atoms with van der Waals surface area (Å²) in [6.45, 7) is 4.73. The lowest BCUT2D eigenvalue weighted by Gasteiger charge is -2.12. The molecule has 0 aliphatic carbocycles. The van der Waals surface area contributed by atoms with Gasteiger partial charge in [-0.3, -0.25) is 0 Å². The average Bonchev–Trinajstić information content (AvgIpc) is 2.48. The van der Waals surface area contributed by atoms with Gasteiger partial charge in [0.05, 0.1) is 11.8 Å². The lowest BCUT2D eigenvalue weighted by Crippen LogP contribution is -1.99. The molecule has 0 radical (unpaired) electrons. The number of hydrogen-bond donors (Lipinski definition) is 0. The van der Waals surface area contributed by atoms with Crippen molar-refractivity contribution in [2.24, 2.45) is 0 Å². The van der Waals surface area contributed by atoms with Crippen LogP contribution < -0.4 is 0 Å². The van der Waals surface area contributed by atoms with Gasteiger partial charge in [-0.1, -0.05) is 30.3 Å². The van der Waals surface area contributed by atoms with E-state index in [4.69, 9.17) is 10.00 Å². The third-order valence-electron chi connectivity index (χ3n) is 2.96. The molecule has 0 spiro atoms. The molecule has 0 aliphatic rings. The van der Waals surface area contributed by atoms with E-state index in [1.54, 1.807) is 6.07 Å². The third kappa shape index (κ3) is 3.18. The predicted octanol–water partition coefficient (Wildman–Crippen LogP) is 3.72. The molecule has 0 saturated heterocycles. The third-order valence-corrected chi connectivity index (χ3v) is 2.96. The lowest BCUT2D eigenvalue weighted by atomic mass is 10.1. The topological polar surface area (TPSA) is 45.9 Å². The molecule has 0 amide bonds. The van der Waals surface area contributed by atoms with Gasteiger partial charge in [-0.25, -0.2) is 4.98 Å². The van der Waals surface area contributed by atoms with E-state index in [1.807, 2.05) is 50.2 Å². The highest BCUT2D eigenvalue weighted by Crippen LogP contribution is 2.22. The Kier molecular flexibility index (Phi) is 4.27. The van der Waals surface area contributed by atoms with Gasteiger partial charge >= 0.3 is 0 Å². The first-order valence-corrected chi connectivity index (χ1v) is 6.33. The average molecular weight is 252 g/mol. The van der Waals surface area contributed by atoms with Crippen LogP contribution in [-0.2, 0) is 4.74 Å². The molecule has 1 heterocycles. The number of hydrogen-bond acceptors (Lipinski definition) is 3. The summed E-state index contributed by atoms with van der Waals surface area (Å²) >= 11 is 0. The molecule has 19 heavy (non-hydrogen) atoms. The van der Waals surface area contributed by atoms with Crippen molar-refractivity contribution < 1.29 is 4.74 Å².